The van der Waals surface area contributed by atoms with Crippen LogP contribution in [0.2, 0.25) is 5.02 Å². The molecular formula is C15H10ClFN2O2. The highest BCUT2D eigenvalue weighted by atomic mass is 35.5. The third-order valence-corrected chi connectivity index (χ3v) is 3.65. The number of nitrogen functional groups attached to an aromatic ring is 1. The second-order valence-electron chi connectivity index (χ2n) is 4.71. The van der Waals surface area contributed by atoms with E-state index in [4.69, 9.17) is 17.3 Å². The first kappa shape index (κ1) is 13.6. The van der Waals surface area contributed by atoms with Crippen LogP contribution in [0.15, 0.2) is 36.4 Å². The second kappa shape index (κ2) is 4.86. The van der Waals surface area contributed by atoms with Crippen LogP contribution in [0.4, 0.5) is 10.1 Å². The molecular weight excluding hydrogens is 295 g/mol. The zero-order valence-corrected chi connectivity index (χ0v) is 11.5. The fraction of sp³-hybridized carbons (Fsp3) is 0.0667. The Kier molecular flexibility index (Phi) is 3.14. The van der Waals surface area contributed by atoms with Crippen LogP contribution in [0, 0.1) is 5.82 Å². The molecule has 2 N–H and O–H groups in total. The Labute approximate surface area is 124 Å². The SMILES string of the molecule is Nc1cccc2c1C(=O)N(Cc1ccc(F)c(Cl)c1)C2=O. The van der Waals surface area contributed by atoms with Gasteiger partial charge >= 0.3 is 0 Å². The van der Waals surface area contributed by atoms with Gasteiger partial charge in [-0.1, -0.05) is 23.7 Å². The molecule has 4 nitrogen and oxygen atoms in total. The molecule has 2 aromatic rings. The standard InChI is InChI=1S/C15H10ClFN2O2/c16-10-6-8(4-5-11(10)17)7-19-14(20)9-2-1-3-12(18)13(9)15(19)21/h1-6H,7,18H2. The molecule has 1 heterocycles. The summed E-state index contributed by atoms with van der Waals surface area (Å²) >= 11 is 5.70. The molecule has 2 aromatic carbocycles. The molecule has 1 aliphatic heterocycles. The summed E-state index contributed by atoms with van der Waals surface area (Å²) in [6.45, 7) is 0.0196. The van der Waals surface area contributed by atoms with Crippen molar-refractivity contribution in [2.45, 2.75) is 6.54 Å². The molecule has 0 saturated heterocycles. The van der Waals surface area contributed by atoms with Gasteiger partial charge < -0.3 is 5.73 Å². The van der Waals surface area contributed by atoms with Crippen molar-refractivity contribution < 1.29 is 14.0 Å². The van der Waals surface area contributed by atoms with Crippen molar-refractivity contribution in [1.82, 2.24) is 4.90 Å². The number of nitrogens with two attached hydrogens (primary N) is 1. The van der Waals surface area contributed by atoms with E-state index in [9.17, 15) is 14.0 Å². The quantitative estimate of drug-likeness (QED) is 0.685. The van der Waals surface area contributed by atoms with E-state index < -0.39 is 17.6 Å². The molecule has 0 bridgehead atoms. The molecule has 106 valence electrons. The maximum atomic E-state index is 13.1. The molecule has 2 amide bonds. The van der Waals surface area contributed by atoms with E-state index in [0.29, 0.717) is 5.56 Å². The summed E-state index contributed by atoms with van der Waals surface area (Å²) in [6.07, 6.45) is 0. The molecule has 0 unspecified atom stereocenters. The topological polar surface area (TPSA) is 63.4 Å². The number of benzene rings is 2. The summed E-state index contributed by atoms with van der Waals surface area (Å²) < 4.78 is 13.1. The Morgan fingerprint density at radius 1 is 1.14 bits per heavy atom. The minimum Gasteiger partial charge on any atom is -0.398 e. The molecule has 0 spiro atoms. The largest absolute Gasteiger partial charge is 0.398 e. The number of rotatable bonds is 2. The van der Waals surface area contributed by atoms with Gasteiger partial charge in [0.2, 0.25) is 0 Å². The number of hydrogen-bond donors (Lipinski definition) is 1. The summed E-state index contributed by atoms with van der Waals surface area (Å²) in [6, 6.07) is 8.82. The van der Waals surface area contributed by atoms with Crippen molar-refractivity contribution in [3.63, 3.8) is 0 Å². The number of carbonyl (C=O) groups is 2. The van der Waals surface area contributed by atoms with Crippen molar-refractivity contribution in [2.75, 3.05) is 5.73 Å². The molecule has 1 aliphatic rings. The average Bonchev–Trinajstić information content (AvgIpc) is 2.69. The number of fused-ring (bicyclic) bond motifs is 1. The summed E-state index contributed by atoms with van der Waals surface area (Å²) in [7, 11) is 0. The van der Waals surface area contributed by atoms with Crippen LogP contribution in [0.3, 0.4) is 0 Å². The highest BCUT2D eigenvalue weighted by molar-refractivity contribution is 6.30. The fourth-order valence-electron chi connectivity index (χ4n) is 2.32. The van der Waals surface area contributed by atoms with E-state index in [0.717, 1.165) is 4.90 Å². The van der Waals surface area contributed by atoms with Crippen LogP contribution in [0.5, 0.6) is 0 Å². The first-order chi connectivity index (χ1) is 9.99. The fourth-order valence-corrected chi connectivity index (χ4v) is 2.53. The number of imide groups is 1. The molecule has 0 radical (unpaired) electrons. The summed E-state index contributed by atoms with van der Waals surface area (Å²) in [5.74, 6) is -1.41. The highest BCUT2D eigenvalue weighted by Gasteiger charge is 2.36. The first-order valence-corrected chi connectivity index (χ1v) is 6.55. The number of anilines is 1. The van der Waals surface area contributed by atoms with Gasteiger partial charge in [0.15, 0.2) is 0 Å². The van der Waals surface area contributed by atoms with Crippen LogP contribution in [-0.4, -0.2) is 16.7 Å². The van der Waals surface area contributed by atoms with Gasteiger partial charge in [0.05, 0.1) is 22.7 Å². The lowest BCUT2D eigenvalue weighted by Gasteiger charge is -2.14. The van der Waals surface area contributed by atoms with Crippen molar-refractivity contribution >= 4 is 29.1 Å². The number of halogens is 2. The lowest BCUT2D eigenvalue weighted by molar-refractivity contribution is 0.0642. The third-order valence-electron chi connectivity index (χ3n) is 3.36. The van der Waals surface area contributed by atoms with Crippen LogP contribution in [0.1, 0.15) is 26.3 Å². The van der Waals surface area contributed by atoms with E-state index >= 15 is 0 Å². The van der Waals surface area contributed by atoms with Crippen LogP contribution >= 0.6 is 11.6 Å². The van der Waals surface area contributed by atoms with E-state index in [1.54, 1.807) is 18.2 Å². The summed E-state index contributed by atoms with van der Waals surface area (Å²) in [4.78, 5) is 25.6. The predicted octanol–water partition coefficient (Wildman–Crippen LogP) is 2.86. The molecule has 0 saturated carbocycles. The normalized spacial score (nSPS) is 13.7. The molecule has 0 fully saturated rings. The van der Waals surface area contributed by atoms with Gasteiger partial charge in [0.25, 0.3) is 11.8 Å². The van der Waals surface area contributed by atoms with Crippen molar-refractivity contribution in [1.29, 1.82) is 0 Å². The van der Waals surface area contributed by atoms with Gasteiger partial charge in [-0.3, -0.25) is 14.5 Å². The van der Waals surface area contributed by atoms with E-state index in [2.05, 4.69) is 0 Å². The van der Waals surface area contributed by atoms with Gasteiger partial charge in [-0.15, -0.1) is 0 Å². The molecule has 6 heteroatoms. The summed E-state index contributed by atoms with van der Waals surface area (Å²) in [5, 5.41) is -0.0522. The van der Waals surface area contributed by atoms with E-state index in [1.165, 1.54) is 18.2 Å². The Morgan fingerprint density at radius 3 is 2.57 bits per heavy atom. The molecule has 21 heavy (non-hydrogen) atoms. The molecule has 0 aliphatic carbocycles. The van der Waals surface area contributed by atoms with Gasteiger partial charge in [0, 0.05) is 5.69 Å². The van der Waals surface area contributed by atoms with E-state index in [-0.39, 0.29) is 28.4 Å². The lowest BCUT2D eigenvalue weighted by Crippen LogP contribution is -2.29. The zero-order valence-electron chi connectivity index (χ0n) is 10.8. The van der Waals surface area contributed by atoms with Crippen molar-refractivity contribution in [3.05, 3.63) is 63.9 Å². The maximum Gasteiger partial charge on any atom is 0.263 e. The number of carbonyl (C=O) groups excluding carboxylic acids is 2. The van der Waals surface area contributed by atoms with Gasteiger partial charge in [0.1, 0.15) is 5.82 Å². The average molecular weight is 305 g/mol. The van der Waals surface area contributed by atoms with Gasteiger partial charge in [-0.25, -0.2) is 4.39 Å². The molecule has 0 atom stereocenters. The number of hydrogen-bond acceptors (Lipinski definition) is 3. The monoisotopic (exact) mass is 304 g/mol. The van der Waals surface area contributed by atoms with Crippen LogP contribution in [-0.2, 0) is 6.54 Å². The predicted molar refractivity (Wildman–Crippen MR) is 76.5 cm³/mol. The van der Waals surface area contributed by atoms with Crippen LogP contribution in [0.25, 0.3) is 0 Å². The molecule has 3 rings (SSSR count). The maximum absolute atomic E-state index is 13.1. The Balaban J connectivity index is 1.95. The Bertz CT molecular complexity index is 776. The van der Waals surface area contributed by atoms with Crippen molar-refractivity contribution in [2.24, 2.45) is 0 Å². The number of nitrogens with zero attached hydrogens (tertiary/aromatic N) is 1. The Hall–Kier alpha value is -2.40. The smallest absolute Gasteiger partial charge is 0.263 e. The van der Waals surface area contributed by atoms with E-state index in [1.807, 2.05) is 0 Å². The Morgan fingerprint density at radius 2 is 1.90 bits per heavy atom. The summed E-state index contributed by atoms with van der Waals surface area (Å²) in [5.41, 5.74) is 7.09. The third kappa shape index (κ3) is 2.15. The van der Waals surface area contributed by atoms with Crippen LogP contribution < -0.4 is 5.73 Å². The molecule has 0 aromatic heterocycles. The number of amides is 2. The van der Waals surface area contributed by atoms with Gasteiger partial charge in [-0.05, 0) is 29.8 Å². The minimum atomic E-state index is -0.549. The van der Waals surface area contributed by atoms with Gasteiger partial charge in [-0.2, -0.15) is 0 Å². The highest BCUT2D eigenvalue weighted by Crippen LogP contribution is 2.29. The lowest BCUT2D eigenvalue weighted by atomic mass is 10.1. The first-order valence-electron chi connectivity index (χ1n) is 6.17. The minimum absolute atomic E-state index is 0.0196. The van der Waals surface area contributed by atoms with Crippen molar-refractivity contribution in [3.8, 4) is 0 Å². The second-order valence-corrected chi connectivity index (χ2v) is 5.12. The zero-order chi connectivity index (χ0) is 15.1.